The number of piperidine rings is 1. The molecule has 0 bridgehead atoms. The Labute approximate surface area is 92.8 Å². The first-order valence-corrected chi connectivity index (χ1v) is 5.42. The zero-order valence-electron chi connectivity index (χ0n) is 9.67. The number of amides is 1. The third-order valence-electron chi connectivity index (χ3n) is 2.27. The summed E-state index contributed by atoms with van der Waals surface area (Å²) in [6.45, 7) is 10.6. The monoisotopic (exact) mass is 210 g/mol. The molecule has 1 aliphatic rings. The lowest BCUT2D eigenvalue weighted by molar-refractivity contribution is -0.116. The van der Waals surface area contributed by atoms with Crippen LogP contribution in [-0.4, -0.2) is 37.5 Å². The van der Waals surface area contributed by atoms with E-state index in [9.17, 15) is 4.79 Å². The van der Waals surface area contributed by atoms with Gasteiger partial charge in [0.05, 0.1) is 0 Å². The standard InChI is InChI=1S/C8H15N.C4H7NO/c1-2-6-9-7-4-3-5-8-9;1-3-4(6)5-2/h2H,1,3-8H2;3H,1H2,2H3,(H,5,6). The molecule has 1 fully saturated rings. The molecule has 1 rings (SSSR count). The van der Waals surface area contributed by atoms with Crippen LogP contribution in [0.2, 0.25) is 0 Å². The first kappa shape index (κ1) is 13.9. The van der Waals surface area contributed by atoms with Gasteiger partial charge in [0, 0.05) is 13.6 Å². The predicted octanol–water partition coefficient (Wildman–Crippen LogP) is 1.58. The average Bonchev–Trinajstić information content (AvgIpc) is 2.31. The summed E-state index contributed by atoms with van der Waals surface area (Å²) < 4.78 is 0. The van der Waals surface area contributed by atoms with Crippen molar-refractivity contribution in [2.45, 2.75) is 19.3 Å². The Morgan fingerprint density at radius 3 is 2.27 bits per heavy atom. The number of nitrogens with one attached hydrogen (secondary N) is 1. The summed E-state index contributed by atoms with van der Waals surface area (Å²) in [5.41, 5.74) is 0. The molecule has 0 unspecified atom stereocenters. The third kappa shape index (κ3) is 7.94. The van der Waals surface area contributed by atoms with Crippen molar-refractivity contribution >= 4 is 5.91 Å². The second-order valence-electron chi connectivity index (χ2n) is 3.47. The number of likely N-dealkylation sites (N-methyl/N-ethyl adjacent to an activating group) is 1. The second-order valence-corrected chi connectivity index (χ2v) is 3.47. The Bertz CT molecular complexity index is 196. The maximum atomic E-state index is 9.95. The highest BCUT2D eigenvalue weighted by atomic mass is 16.1. The molecule has 0 aromatic heterocycles. The third-order valence-corrected chi connectivity index (χ3v) is 2.27. The van der Waals surface area contributed by atoms with Crippen LogP contribution in [0.1, 0.15) is 19.3 Å². The minimum absolute atomic E-state index is 0.144. The quantitative estimate of drug-likeness (QED) is 0.566. The van der Waals surface area contributed by atoms with Crippen molar-refractivity contribution in [1.29, 1.82) is 0 Å². The molecule has 15 heavy (non-hydrogen) atoms. The first-order valence-electron chi connectivity index (χ1n) is 5.42. The lowest BCUT2D eigenvalue weighted by Crippen LogP contribution is -2.29. The summed E-state index contributed by atoms with van der Waals surface area (Å²) in [6.07, 6.45) is 7.40. The van der Waals surface area contributed by atoms with Crippen molar-refractivity contribution < 1.29 is 4.79 Å². The van der Waals surface area contributed by atoms with Crippen molar-refractivity contribution in [3.63, 3.8) is 0 Å². The number of hydrogen-bond acceptors (Lipinski definition) is 2. The minimum Gasteiger partial charge on any atom is -0.356 e. The highest BCUT2D eigenvalue weighted by Gasteiger charge is 2.06. The molecule has 0 aliphatic carbocycles. The molecule has 0 aromatic rings. The molecule has 3 nitrogen and oxygen atoms in total. The maximum Gasteiger partial charge on any atom is 0.243 e. The normalized spacial score (nSPS) is 15.8. The number of carbonyl (C=O) groups excluding carboxylic acids is 1. The van der Waals surface area contributed by atoms with Crippen molar-refractivity contribution in [2.24, 2.45) is 0 Å². The fourth-order valence-electron chi connectivity index (χ4n) is 1.43. The largest absolute Gasteiger partial charge is 0.356 e. The van der Waals surface area contributed by atoms with E-state index in [1.807, 2.05) is 6.08 Å². The first-order chi connectivity index (χ1) is 7.24. The van der Waals surface area contributed by atoms with Crippen LogP contribution in [0, 0.1) is 0 Å². The Morgan fingerprint density at radius 2 is 1.93 bits per heavy atom. The molecule has 0 aromatic carbocycles. The second kappa shape index (κ2) is 9.46. The molecule has 86 valence electrons. The molecular weight excluding hydrogens is 188 g/mol. The smallest absolute Gasteiger partial charge is 0.243 e. The van der Waals surface area contributed by atoms with Crippen molar-refractivity contribution in [1.82, 2.24) is 10.2 Å². The molecular formula is C12H22N2O. The van der Waals surface area contributed by atoms with Crippen LogP contribution in [-0.2, 0) is 4.79 Å². The van der Waals surface area contributed by atoms with E-state index >= 15 is 0 Å². The van der Waals surface area contributed by atoms with Gasteiger partial charge in [-0.2, -0.15) is 0 Å². The highest BCUT2D eigenvalue weighted by Crippen LogP contribution is 2.07. The van der Waals surface area contributed by atoms with Gasteiger partial charge in [-0.05, 0) is 32.0 Å². The zero-order chi connectivity index (χ0) is 11.5. The van der Waals surface area contributed by atoms with Gasteiger partial charge in [0.25, 0.3) is 0 Å². The van der Waals surface area contributed by atoms with Crippen LogP contribution in [0.5, 0.6) is 0 Å². The summed E-state index contributed by atoms with van der Waals surface area (Å²) in [5.74, 6) is -0.144. The van der Waals surface area contributed by atoms with E-state index in [1.54, 1.807) is 7.05 Å². The average molecular weight is 210 g/mol. The van der Waals surface area contributed by atoms with E-state index in [0.717, 1.165) is 6.54 Å². The zero-order valence-corrected chi connectivity index (χ0v) is 9.67. The SMILES string of the molecule is C=CC(=O)NC.C=CCN1CCCCC1. The summed E-state index contributed by atoms with van der Waals surface area (Å²) in [6, 6.07) is 0. The summed E-state index contributed by atoms with van der Waals surface area (Å²) in [5, 5.41) is 2.36. The fraction of sp³-hybridized carbons (Fsp3) is 0.583. The Kier molecular flexibility index (Phi) is 8.78. The Hall–Kier alpha value is -1.09. The van der Waals surface area contributed by atoms with Gasteiger partial charge in [0.1, 0.15) is 0 Å². The van der Waals surface area contributed by atoms with Crippen LogP contribution in [0.4, 0.5) is 0 Å². The highest BCUT2D eigenvalue weighted by molar-refractivity contribution is 5.86. The van der Waals surface area contributed by atoms with Crippen LogP contribution in [0.3, 0.4) is 0 Å². The number of nitrogens with zero attached hydrogens (tertiary/aromatic N) is 1. The lowest BCUT2D eigenvalue weighted by atomic mass is 10.1. The number of hydrogen-bond donors (Lipinski definition) is 1. The van der Waals surface area contributed by atoms with Crippen LogP contribution in [0.15, 0.2) is 25.3 Å². The minimum atomic E-state index is -0.144. The molecule has 1 N–H and O–H groups in total. The van der Waals surface area contributed by atoms with Crippen molar-refractivity contribution in [2.75, 3.05) is 26.7 Å². The number of likely N-dealkylation sites (tertiary alicyclic amines) is 1. The van der Waals surface area contributed by atoms with Gasteiger partial charge in [-0.3, -0.25) is 9.69 Å². The van der Waals surface area contributed by atoms with Crippen LogP contribution >= 0.6 is 0 Å². The molecule has 1 amide bonds. The van der Waals surface area contributed by atoms with E-state index in [-0.39, 0.29) is 5.91 Å². The maximum absolute atomic E-state index is 9.95. The van der Waals surface area contributed by atoms with Gasteiger partial charge in [-0.15, -0.1) is 6.58 Å². The molecule has 3 heteroatoms. The lowest BCUT2D eigenvalue weighted by Gasteiger charge is -2.24. The summed E-state index contributed by atoms with van der Waals surface area (Å²) >= 11 is 0. The van der Waals surface area contributed by atoms with Gasteiger partial charge in [0.15, 0.2) is 0 Å². The van der Waals surface area contributed by atoms with E-state index < -0.39 is 0 Å². The predicted molar refractivity (Wildman–Crippen MR) is 64.8 cm³/mol. The molecule has 1 heterocycles. The van der Waals surface area contributed by atoms with Gasteiger partial charge in [0.2, 0.25) is 5.91 Å². The molecule has 0 atom stereocenters. The van der Waals surface area contributed by atoms with E-state index in [1.165, 1.54) is 38.4 Å². The van der Waals surface area contributed by atoms with Crippen LogP contribution < -0.4 is 5.32 Å². The van der Waals surface area contributed by atoms with Gasteiger partial charge >= 0.3 is 0 Å². The Morgan fingerprint density at radius 1 is 1.33 bits per heavy atom. The summed E-state index contributed by atoms with van der Waals surface area (Å²) in [7, 11) is 1.56. The summed E-state index contributed by atoms with van der Waals surface area (Å²) in [4.78, 5) is 12.4. The molecule has 1 aliphatic heterocycles. The number of carbonyl (C=O) groups is 1. The van der Waals surface area contributed by atoms with Crippen molar-refractivity contribution in [3.8, 4) is 0 Å². The topological polar surface area (TPSA) is 32.3 Å². The van der Waals surface area contributed by atoms with Gasteiger partial charge in [-0.25, -0.2) is 0 Å². The van der Waals surface area contributed by atoms with E-state index in [4.69, 9.17) is 0 Å². The van der Waals surface area contributed by atoms with E-state index in [0.29, 0.717) is 0 Å². The van der Waals surface area contributed by atoms with Crippen LogP contribution in [0.25, 0.3) is 0 Å². The molecule has 0 spiro atoms. The van der Waals surface area contributed by atoms with Gasteiger partial charge < -0.3 is 5.32 Å². The fourth-order valence-corrected chi connectivity index (χ4v) is 1.43. The molecule has 0 saturated carbocycles. The van der Waals surface area contributed by atoms with E-state index in [2.05, 4.69) is 23.4 Å². The van der Waals surface area contributed by atoms with Gasteiger partial charge in [-0.1, -0.05) is 19.1 Å². The Balaban J connectivity index is 0.000000288. The molecule has 0 radical (unpaired) electrons. The van der Waals surface area contributed by atoms with Crippen molar-refractivity contribution in [3.05, 3.63) is 25.3 Å². The number of rotatable bonds is 3. The molecule has 1 saturated heterocycles.